The molecule has 0 aromatic heterocycles. The van der Waals surface area contributed by atoms with E-state index in [9.17, 15) is 20.0 Å². The van der Waals surface area contributed by atoms with E-state index in [-0.39, 0.29) is 12.4 Å². The first-order valence-corrected chi connectivity index (χ1v) is 8.23. The van der Waals surface area contributed by atoms with Crippen LogP contribution in [0, 0.1) is 13.7 Å². The molecule has 9 heteroatoms. The molecule has 0 saturated heterocycles. The van der Waals surface area contributed by atoms with E-state index >= 15 is 0 Å². The van der Waals surface area contributed by atoms with Crippen LogP contribution in [0.2, 0.25) is 0 Å². The minimum absolute atomic E-state index is 0.0258. The number of phenolic OH excluding ortho intramolecular Hbond substituents is 1. The maximum absolute atomic E-state index is 11.9. The first kappa shape index (κ1) is 18.6. The van der Waals surface area contributed by atoms with E-state index < -0.39 is 22.3 Å². The van der Waals surface area contributed by atoms with Crippen LogP contribution < -0.4 is 10.2 Å². The second kappa shape index (κ2) is 8.42. The largest absolute Gasteiger partial charge is 0.500 e. The second-order valence-electron chi connectivity index (χ2n) is 4.78. The zero-order chi connectivity index (χ0) is 18.4. The minimum atomic E-state index is -0.723. The predicted octanol–water partition coefficient (Wildman–Crippen LogP) is 3.07. The quantitative estimate of drug-likeness (QED) is 0.301. The topological polar surface area (TPSA) is 114 Å². The summed E-state index contributed by atoms with van der Waals surface area (Å²) in [7, 11) is 0. The van der Waals surface area contributed by atoms with Gasteiger partial charge in [0.1, 0.15) is 0 Å². The number of nitro groups is 1. The maximum atomic E-state index is 11.9. The van der Waals surface area contributed by atoms with E-state index in [0.717, 1.165) is 9.64 Å². The normalized spacial score (nSPS) is 10.6. The molecule has 0 saturated carbocycles. The third kappa shape index (κ3) is 4.89. The van der Waals surface area contributed by atoms with E-state index in [1.54, 1.807) is 31.2 Å². The highest BCUT2D eigenvalue weighted by Crippen LogP contribution is 2.36. The monoisotopic (exact) mass is 455 g/mol. The van der Waals surface area contributed by atoms with Gasteiger partial charge in [-0.15, -0.1) is 0 Å². The molecular formula is C16H14IN3O5. The molecule has 0 heterocycles. The van der Waals surface area contributed by atoms with Crippen LogP contribution in [-0.2, 0) is 0 Å². The van der Waals surface area contributed by atoms with Crippen molar-refractivity contribution < 1.29 is 19.6 Å². The molecule has 25 heavy (non-hydrogen) atoms. The van der Waals surface area contributed by atoms with Crippen LogP contribution in [0.1, 0.15) is 22.8 Å². The molecule has 0 unspecified atom stereocenters. The number of carbonyl (C=O) groups excluding carboxylic acids is 1. The Hall–Kier alpha value is -2.69. The van der Waals surface area contributed by atoms with Crippen LogP contribution in [0.4, 0.5) is 5.69 Å². The van der Waals surface area contributed by atoms with Crippen molar-refractivity contribution in [1.82, 2.24) is 5.43 Å². The van der Waals surface area contributed by atoms with Gasteiger partial charge in [0.05, 0.1) is 17.7 Å². The molecule has 2 rings (SSSR count). The predicted molar refractivity (Wildman–Crippen MR) is 100 cm³/mol. The molecule has 0 radical (unpaired) electrons. The fraction of sp³-hybridized carbons (Fsp3) is 0.125. The Bertz CT molecular complexity index is 821. The number of carbonyl (C=O) groups is 1. The Morgan fingerprint density at radius 1 is 1.40 bits per heavy atom. The van der Waals surface area contributed by atoms with Gasteiger partial charge in [-0.25, -0.2) is 5.43 Å². The summed E-state index contributed by atoms with van der Waals surface area (Å²) in [6.45, 7) is 1.92. The summed E-state index contributed by atoms with van der Waals surface area (Å²) in [5.74, 6) is -0.986. The molecule has 0 aliphatic heterocycles. The number of nitrogens with one attached hydrogen (secondary N) is 1. The van der Waals surface area contributed by atoms with Crippen LogP contribution >= 0.6 is 22.6 Å². The molecule has 1 amide bonds. The number of halogens is 1. The number of nitrogens with zero attached hydrogens (tertiary/aromatic N) is 2. The molecule has 0 aliphatic rings. The smallest absolute Gasteiger partial charge is 0.315 e. The van der Waals surface area contributed by atoms with Gasteiger partial charge in [0.25, 0.3) is 5.91 Å². The average molecular weight is 455 g/mol. The number of aromatic hydroxyl groups is 1. The van der Waals surface area contributed by atoms with Crippen molar-refractivity contribution in [2.45, 2.75) is 6.92 Å². The fourth-order valence-corrected chi connectivity index (χ4v) is 2.28. The van der Waals surface area contributed by atoms with E-state index in [2.05, 4.69) is 33.1 Å². The lowest BCUT2D eigenvalue weighted by Gasteiger charge is -2.07. The molecule has 0 aliphatic carbocycles. The molecule has 0 spiro atoms. The van der Waals surface area contributed by atoms with E-state index in [0.29, 0.717) is 11.1 Å². The third-order valence-corrected chi connectivity index (χ3v) is 3.78. The van der Waals surface area contributed by atoms with Crippen LogP contribution in [0.25, 0.3) is 0 Å². The molecule has 0 fully saturated rings. The lowest BCUT2D eigenvalue weighted by molar-refractivity contribution is -0.386. The lowest BCUT2D eigenvalue weighted by Crippen LogP contribution is -2.17. The highest BCUT2D eigenvalue weighted by Gasteiger charge is 2.19. The average Bonchev–Trinajstić information content (AvgIpc) is 2.58. The van der Waals surface area contributed by atoms with Crippen molar-refractivity contribution in [2.75, 3.05) is 6.61 Å². The number of nitro benzene ring substituents is 1. The van der Waals surface area contributed by atoms with Crippen molar-refractivity contribution in [3.05, 3.63) is 61.2 Å². The summed E-state index contributed by atoms with van der Waals surface area (Å²) in [5, 5.41) is 24.6. The standard InChI is InChI=1S/C16H14IN3O5/c1-2-25-14-8-10(7-13(15(14)21)20(23)24)9-18-19-16(22)11-3-5-12(17)6-4-11/h3-9,21H,2H2,1H3,(H,19,22)/b18-9-. The van der Waals surface area contributed by atoms with E-state index in [1.165, 1.54) is 12.3 Å². The summed E-state index contributed by atoms with van der Waals surface area (Å²) in [6.07, 6.45) is 1.24. The zero-order valence-electron chi connectivity index (χ0n) is 13.1. The summed E-state index contributed by atoms with van der Waals surface area (Å²) >= 11 is 2.13. The number of ether oxygens (including phenoxy) is 1. The molecule has 0 bridgehead atoms. The molecule has 2 aromatic rings. The van der Waals surface area contributed by atoms with Crippen molar-refractivity contribution in [3.63, 3.8) is 0 Å². The van der Waals surface area contributed by atoms with Gasteiger partial charge in [0.2, 0.25) is 5.75 Å². The van der Waals surface area contributed by atoms with Gasteiger partial charge in [-0.05, 0) is 59.8 Å². The first-order chi connectivity index (χ1) is 11.9. The highest BCUT2D eigenvalue weighted by atomic mass is 127. The third-order valence-electron chi connectivity index (χ3n) is 3.06. The van der Waals surface area contributed by atoms with Gasteiger partial charge in [-0.1, -0.05) is 0 Å². The molecule has 130 valence electrons. The van der Waals surface area contributed by atoms with Crippen LogP contribution in [-0.4, -0.2) is 28.8 Å². The summed E-state index contributed by atoms with van der Waals surface area (Å²) in [5.41, 5.74) is 2.57. The number of hydrogen-bond donors (Lipinski definition) is 2. The van der Waals surface area contributed by atoms with E-state index in [1.807, 2.05) is 0 Å². The van der Waals surface area contributed by atoms with Gasteiger partial charge >= 0.3 is 5.69 Å². The Morgan fingerprint density at radius 3 is 2.68 bits per heavy atom. The van der Waals surface area contributed by atoms with Crippen molar-refractivity contribution >= 4 is 40.4 Å². The van der Waals surface area contributed by atoms with Gasteiger partial charge in [0.15, 0.2) is 5.75 Å². The number of phenols is 1. The van der Waals surface area contributed by atoms with Gasteiger partial charge in [-0.3, -0.25) is 14.9 Å². The SMILES string of the molecule is CCOc1cc(/C=N\NC(=O)c2ccc(I)cc2)cc([N+](=O)[O-])c1O. The fourth-order valence-electron chi connectivity index (χ4n) is 1.92. The molecule has 2 aromatic carbocycles. The van der Waals surface area contributed by atoms with Gasteiger partial charge < -0.3 is 9.84 Å². The number of benzene rings is 2. The van der Waals surface area contributed by atoms with Crippen molar-refractivity contribution in [1.29, 1.82) is 0 Å². The first-order valence-electron chi connectivity index (χ1n) is 7.15. The molecule has 8 nitrogen and oxygen atoms in total. The van der Waals surface area contributed by atoms with Gasteiger partial charge in [0, 0.05) is 20.8 Å². The minimum Gasteiger partial charge on any atom is -0.500 e. The number of hydrazone groups is 1. The number of amides is 1. The van der Waals surface area contributed by atoms with E-state index in [4.69, 9.17) is 4.74 Å². The zero-order valence-corrected chi connectivity index (χ0v) is 15.3. The van der Waals surface area contributed by atoms with Crippen LogP contribution in [0.5, 0.6) is 11.5 Å². The highest BCUT2D eigenvalue weighted by molar-refractivity contribution is 14.1. The summed E-state index contributed by atoms with van der Waals surface area (Å²) < 4.78 is 6.17. The Balaban J connectivity index is 2.18. The number of hydrogen-bond acceptors (Lipinski definition) is 6. The van der Waals surface area contributed by atoms with Gasteiger partial charge in [-0.2, -0.15) is 5.10 Å². The summed E-state index contributed by atoms with van der Waals surface area (Å²) in [6, 6.07) is 9.43. The Labute approximate surface area is 156 Å². The molecule has 0 atom stereocenters. The second-order valence-corrected chi connectivity index (χ2v) is 6.03. The molecule has 2 N–H and O–H groups in total. The number of rotatable bonds is 6. The lowest BCUT2D eigenvalue weighted by atomic mass is 10.2. The Kier molecular flexibility index (Phi) is 6.28. The van der Waals surface area contributed by atoms with Crippen LogP contribution in [0.15, 0.2) is 41.5 Å². The van der Waals surface area contributed by atoms with Crippen molar-refractivity contribution in [2.24, 2.45) is 5.10 Å². The van der Waals surface area contributed by atoms with Crippen LogP contribution in [0.3, 0.4) is 0 Å². The maximum Gasteiger partial charge on any atom is 0.315 e. The summed E-state index contributed by atoms with van der Waals surface area (Å²) in [4.78, 5) is 22.2. The Morgan fingerprint density at radius 2 is 2.08 bits per heavy atom. The van der Waals surface area contributed by atoms with Crippen molar-refractivity contribution in [3.8, 4) is 11.5 Å². The molecular weight excluding hydrogens is 441 g/mol.